The van der Waals surface area contributed by atoms with Crippen LogP contribution in [0.5, 0.6) is 5.75 Å². The number of hydrogen-bond acceptors (Lipinski definition) is 3. The molecule has 130 valence electrons. The first-order valence-electron chi connectivity index (χ1n) is 8.97. The van der Waals surface area contributed by atoms with E-state index in [0.717, 1.165) is 44.5 Å². The van der Waals surface area contributed by atoms with E-state index in [1.165, 1.54) is 0 Å². The first-order chi connectivity index (χ1) is 11.7. The quantitative estimate of drug-likeness (QED) is 0.872. The number of amides is 2. The van der Waals surface area contributed by atoms with Crippen LogP contribution < -0.4 is 10.1 Å². The summed E-state index contributed by atoms with van der Waals surface area (Å²) in [5.41, 5.74) is 0.644. The van der Waals surface area contributed by atoms with Gasteiger partial charge in [0.05, 0.1) is 6.61 Å². The molecule has 0 aromatic heterocycles. The molecule has 24 heavy (non-hydrogen) atoms. The largest absolute Gasteiger partial charge is 0.493 e. The fraction of sp³-hybridized carbons (Fsp3) is 0.579. The third kappa shape index (κ3) is 4.49. The predicted octanol–water partition coefficient (Wildman–Crippen LogP) is 2.61. The highest BCUT2D eigenvalue weighted by atomic mass is 16.5. The minimum Gasteiger partial charge on any atom is -0.493 e. The molecule has 2 aliphatic rings. The number of carbonyl (C=O) groups excluding carboxylic acids is 2. The summed E-state index contributed by atoms with van der Waals surface area (Å²) < 4.78 is 5.90. The van der Waals surface area contributed by atoms with Crippen molar-refractivity contribution in [1.82, 2.24) is 10.2 Å². The van der Waals surface area contributed by atoms with Crippen LogP contribution in [0.25, 0.3) is 0 Å². The standard InChI is InChI=1S/C19H26N2O3/c1-2-18(22)21-10-4-5-14(12-21)13-24-17-7-3-6-15(11-17)19(23)20-16-8-9-16/h3,6-7,11,14,16H,2,4-5,8-10,12-13H2,1H3,(H,20,23). The average Bonchev–Trinajstić information content (AvgIpc) is 3.43. The molecule has 1 saturated carbocycles. The highest BCUT2D eigenvalue weighted by Crippen LogP contribution is 2.22. The van der Waals surface area contributed by atoms with Gasteiger partial charge in [-0.25, -0.2) is 0 Å². The third-order valence-electron chi connectivity index (χ3n) is 4.67. The molecule has 0 bridgehead atoms. The van der Waals surface area contributed by atoms with Crippen molar-refractivity contribution >= 4 is 11.8 Å². The second-order valence-corrected chi connectivity index (χ2v) is 6.79. The SMILES string of the molecule is CCC(=O)N1CCCC(COc2cccc(C(=O)NC3CC3)c2)C1. The number of carbonyl (C=O) groups is 2. The van der Waals surface area contributed by atoms with Crippen LogP contribution in [0.3, 0.4) is 0 Å². The number of likely N-dealkylation sites (tertiary alicyclic amines) is 1. The molecule has 1 atom stereocenters. The van der Waals surface area contributed by atoms with Crippen LogP contribution >= 0.6 is 0 Å². The molecule has 1 aliphatic heterocycles. The van der Waals surface area contributed by atoms with Crippen LogP contribution in [0.15, 0.2) is 24.3 Å². The first kappa shape index (κ1) is 16.8. The molecule has 0 radical (unpaired) electrons. The number of nitrogens with zero attached hydrogens (tertiary/aromatic N) is 1. The maximum absolute atomic E-state index is 12.1. The summed E-state index contributed by atoms with van der Waals surface area (Å²) >= 11 is 0. The fourth-order valence-electron chi connectivity index (χ4n) is 3.09. The van der Waals surface area contributed by atoms with E-state index in [1.54, 1.807) is 6.07 Å². The summed E-state index contributed by atoms with van der Waals surface area (Å²) in [7, 11) is 0. The van der Waals surface area contributed by atoms with Crippen LogP contribution in [-0.2, 0) is 4.79 Å². The molecule has 1 aromatic carbocycles. The van der Waals surface area contributed by atoms with E-state index in [-0.39, 0.29) is 11.8 Å². The Morgan fingerprint density at radius 1 is 1.29 bits per heavy atom. The number of hydrogen-bond donors (Lipinski definition) is 1. The van der Waals surface area contributed by atoms with Crippen molar-refractivity contribution in [3.8, 4) is 5.75 Å². The van der Waals surface area contributed by atoms with Gasteiger partial charge in [0.15, 0.2) is 0 Å². The molecular formula is C19H26N2O3. The van der Waals surface area contributed by atoms with Gasteiger partial charge in [-0.15, -0.1) is 0 Å². The Kier molecular flexibility index (Phi) is 5.38. The minimum atomic E-state index is -0.0275. The predicted molar refractivity (Wildman–Crippen MR) is 92.0 cm³/mol. The third-order valence-corrected chi connectivity index (χ3v) is 4.67. The second-order valence-electron chi connectivity index (χ2n) is 6.79. The lowest BCUT2D eigenvalue weighted by molar-refractivity contribution is -0.132. The molecule has 5 nitrogen and oxygen atoms in total. The Hall–Kier alpha value is -2.04. The summed E-state index contributed by atoms with van der Waals surface area (Å²) in [6, 6.07) is 7.70. The summed E-state index contributed by atoms with van der Waals surface area (Å²) in [5, 5.41) is 2.99. The topological polar surface area (TPSA) is 58.6 Å². The molecule has 1 saturated heterocycles. The van der Waals surface area contributed by atoms with Crippen LogP contribution in [0.2, 0.25) is 0 Å². The fourth-order valence-corrected chi connectivity index (χ4v) is 3.09. The molecule has 1 heterocycles. The van der Waals surface area contributed by atoms with Gasteiger partial charge < -0.3 is 15.0 Å². The summed E-state index contributed by atoms with van der Waals surface area (Å²) in [6.45, 7) is 4.12. The monoisotopic (exact) mass is 330 g/mol. The molecule has 1 aromatic rings. The van der Waals surface area contributed by atoms with E-state index >= 15 is 0 Å². The Balaban J connectivity index is 1.52. The van der Waals surface area contributed by atoms with Gasteiger partial charge in [0.25, 0.3) is 5.91 Å². The van der Waals surface area contributed by atoms with Gasteiger partial charge >= 0.3 is 0 Å². The molecule has 1 N–H and O–H groups in total. The van der Waals surface area contributed by atoms with Crippen LogP contribution in [-0.4, -0.2) is 42.5 Å². The molecule has 2 amide bonds. The van der Waals surface area contributed by atoms with Crippen LogP contribution in [0.4, 0.5) is 0 Å². The maximum Gasteiger partial charge on any atom is 0.251 e. The van der Waals surface area contributed by atoms with Crippen molar-refractivity contribution in [2.45, 2.75) is 45.1 Å². The lowest BCUT2D eigenvalue weighted by atomic mass is 9.98. The van der Waals surface area contributed by atoms with Crippen molar-refractivity contribution in [3.63, 3.8) is 0 Å². The van der Waals surface area contributed by atoms with Crippen molar-refractivity contribution in [3.05, 3.63) is 29.8 Å². The zero-order valence-electron chi connectivity index (χ0n) is 14.3. The lowest BCUT2D eigenvalue weighted by Crippen LogP contribution is -2.41. The van der Waals surface area contributed by atoms with E-state index < -0.39 is 0 Å². The normalized spacial score (nSPS) is 20.5. The van der Waals surface area contributed by atoms with Gasteiger partial charge in [-0.05, 0) is 43.9 Å². The summed E-state index contributed by atoms with van der Waals surface area (Å²) in [6.07, 6.45) is 4.83. The van der Waals surface area contributed by atoms with Gasteiger partial charge in [0.1, 0.15) is 5.75 Å². The van der Waals surface area contributed by atoms with Gasteiger partial charge in [-0.3, -0.25) is 9.59 Å². The molecular weight excluding hydrogens is 304 g/mol. The van der Waals surface area contributed by atoms with Crippen LogP contribution in [0.1, 0.15) is 49.4 Å². The van der Waals surface area contributed by atoms with Gasteiger partial charge in [-0.2, -0.15) is 0 Å². The lowest BCUT2D eigenvalue weighted by Gasteiger charge is -2.32. The van der Waals surface area contributed by atoms with E-state index in [9.17, 15) is 9.59 Å². The zero-order valence-corrected chi connectivity index (χ0v) is 14.3. The number of piperidine rings is 1. The number of rotatable bonds is 6. The Bertz CT molecular complexity index is 598. The van der Waals surface area contributed by atoms with Gasteiger partial charge in [-0.1, -0.05) is 13.0 Å². The van der Waals surface area contributed by atoms with Crippen molar-refractivity contribution < 1.29 is 14.3 Å². The van der Waals surface area contributed by atoms with Crippen molar-refractivity contribution in [1.29, 1.82) is 0 Å². The highest BCUT2D eigenvalue weighted by molar-refractivity contribution is 5.94. The molecule has 1 unspecified atom stereocenters. The molecule has 5 heteroatoms. The van der Waals surface area contributed by atoms with E-state index in [0.29, 0.717) is 30.6 Å². The first-order valence-corrected chi connectivity index (χ1v) is 8.97. The van der Waals surface area contributed by atoms with Gasteiger partial charge in [0.2, 0.25) is 5.91 Å². The Morgan fingerprint density at radius 2 is 2.12 bits per heavy atom. The molecule has 3 rings (SSSR count). The van der Waals surface area contributed by atoms with Crippen LogP contribution in [0, 0.1) is 5.92 Å². The minimum absolute atomic E-state index is 0.0275. The van der Waals surface area contributed by atoms with Crippen molar-refractivity contribution in [2.75, 3.05) is 19.7 Å². The second kappa shape index (κ2) is 7.69. The molecule has 1 aliphatic carbocycles. The Labute approximate surface area is 143 Å². The molecule has 0 spiro atoms. The average molecular weight is 330 g/mol. The highest BCUT2D eigenvalue weighted by Gasteiger charge is 2.25. The van der Waals surface area contributed by atoms with Crippen molar-refractivity contribution in [2.24, 2.45) is 5.92 Å². The zero-order chi connectivity index (χ0) is 16.9. The number of nitrogens with one attached hydrogen (secondary N) is 1. The van der Waals surface area contributed by atoms with E-state index in [1.807, 2.05) is 30.0 Å². The van der Waals surface area contributed by atoms with E-state index in [4.69, 9.17) is 4.74 Å². The summed E-state index contributed by atoms with van der Waals surface area (Å²) in [4.78, 5) is 25.9. The Morgan fingerprint density at radius 3 is 2.88 bits per heavy atom. The van der Waals surface area contributed by atoms with Gasteiger partial charge in [0, 0.05) is 37.0 Å². The number of ether oxygens (including phenoxy) is 1. The maximum atomic E-state index is 12.1. The van der Waals surface area contributed by atoms with E-state index in [2.05, 4.69) is 5.32 Å². The smallest absolute Gasteiger partial charge is 0.251 e. The summed E-state index contributed by atoms with van der Waals surface area (Å²) in [5.74, 6) is 1.27. The number of benzene rings is 1. The molecule has 2 fully saturated rings.